The topological polar surface area (TPSA) is 43.8 Å². The fraction of sp³-hybridized carbons (Fsp3) is 0.357. The normalized spacial score (nSPS) is 13.5. The molecule has 0 saturated carbocycles. The van der Waals surface area contributed by atoms with Gasteiger partial charge in [-0.25, -0.2) is 0 Å². The Labute approximate surface area is 115 Å². The molecule has 1 heterocycles. The van der Waals surface area contributed by atoms with Crippen molar-refractivity contribution in [1.29, 1.82) is 0 Å². The van der Waals surface area contributed by atoms with Crippen LogP contribution in [0.25, 0.3) is 0 Å². The predicted molar refractivity (Wildman–Crippen MR) is 70.0 cm³/mol. The number of hydrogen-bond acceptors (Lipinski definition) is 2. The Morgan fingerprint density at radius 1 is 1.25 bits per heavy atom. The van der Waals surface area contributed by atoms with Crippen molar-refractivity contribution in [3.63, 3.8) is 0 Å². The Morgan fingerprint density at radius 2 is 1.85 bits per heavy atom. The zero-order valence-corrected chi connectivity index (χ0v) is 11.3. The van der Waals surface area contributed by atoms with Gasteiger partial charge in [-0.1, -0.05) is 12.1 Å². The molecule has 1 unspecified atom stereocenters. The molecule has 0 spiro atoms. The van der Waals surface area contributed by atoms with Crippen molar-refractivity contribution in [2.45, 2.75) is 25.6 Å². The lowest BCUT2D eigenvalue weighted by Crippen LogP contribution is -2.17. The summed E-state index contributed by atoms with van der Waals surface area (Å²) < 4.78 is 39.1. The van der Waals surface area contributed by atoms with Crippen LogP contribution in [0.3, 0.4) is 0 Å². The summed E-state index contributed by atoms with van der Waals surface area (Å²) in [6.07, 6.45) is -3.84. The van der Waals surface area contributed by atoms with Gasteiger partial charge in [-0.15, -0.1) is 0 Å². The molecule has 0 aliphatic carbocycles. The standard InChI is InChI=1S/C14H16F3N3/c1-9-7-13(20(2)19-9)12(18)8-10-3-5-11(6-4-10)14(15,16)17/h3-7,12H,8,18H2,1-2H3. The quantitative estimate of drug-likeness (QED) is 0.941. The molecule has 0 amide bonds. The highest BCUT2D eigenvalue weighted by atomic mass is 19.4. The third-order valence-electron chi connectivity index (χ3n) is 3.15. The first-order valence-corrected chi connectivity index (χ1v) is 6.19. The van der Waals surface area contributed by atoms with Crippen LogP contribution in [0.5, 0.6) is 0 Å². The van der Waals surface area contributed by atoms with Crippen molar-refractivity contribution >= 4 is 0 Å². The molecule has 0 radical (unpaired) electrons. The maximum Gasteiger partial charge on any atom is 0.416 e. The Kier molecular flexibility index (Phi) is 3.85. The van der Waals surface area contributed by atoms with Gasteiger partial charge in [0.1, 0.15) is 0 Å². The van der Waals surface area contributed by atoms with E-state index in [1.807, 2.05) is 13.0 Å². The van der Waals surface area contributed by atoms with E-state index in [1.54, 1.807) is 11.7 Å². The molecule has 0 aliphatic rings. The number of halogens is 3. The van der Waals surface area contributed by atoms with Gasteiger partial charge in [-0.3, -0.25) is 4.68 Å². The second-order valence-corrected chi connectivity index (χ2v) is 4.84. The van der Waals surface area contributed by atoms with Gasteiger partial charge in [0.2, 0.25) is 0 Å². The Bertz CT molecular complexity index is 585. The molecule has 2 rings (SSSR count). The van der Waals surface area contributed by atoms with E-state index < -0.39 is 11.7 Å². The highest BCUT2D eigenvalue weighted by Gasteiger charge is 2.30. The van der Waals surface area contributed by atoms with E-state index in [0.29, 0.717) is 6.42 Å². The average Bonchev–Trinajstić information content (AvgIpc) is 2.68. The van der Waals surface area contributed by atoms with Crippen LogP contribution in [0, 0.1) is 6.92 Å². The van der Waals surface area contributed by atoms with Crippen molar-refractivity contribution < 1.29 is 13.2 Å². The summed E-state index contributed by atoms with van der Waals surface area (Å²) in [5.74, 6) is 0. The van der Waals surface area contributed by atoms with Crippen LogP contribution >= 0.6 is 0 Å². The van der Waals surface area contributed by atoms with Crippen molar-refractivity contribution in [2.24, 2.45) is 12.8 Å². The molecule has 2 N–H and O–H groups in total. The van der Waals surface area contributed by atoms with Crippen molar-refractivity contribution in [2.75, 3.05) is 0 Å². The first kappa shape index (κ1) is 14.6. The van der Waals surface area contributed by atoms with Crippen molar-refractivity contribution in [1.82, 2.24) is 9.78 Å². The molecule has 108 valence electrons. The Morgan fingerprint density at radius 3 is 2.30 bits per heavy atom. The van der Waals surface area contributed by atoms with Gasteiger partial charge in [0.05, 0.1) is 23.0 Å². The number of hydrogen-bond donors (Lipinski definition) is 1. The van der Waals surface area contributed by atoms with E-state index in [-0.39, 0.29) is 6.04 Å². The van der Waals surface area contributed by atoms with E-state index in [9.17, 15) is 13.2 Å². The molecular formula is C14H16F3N3. The minimum atomic E-state index is -4.31. The molecule has 2 aromatic rings. The number of alkyl halides is 3. The van der Waals surface area contributed by atoms with Gasteiger partial charge in [0, 0.05) is 7.05 Å². The third kappa shape index (κ3) is 3.19. The van der Waals surface area contributed by atoms with Gasteiger partial charge in [0.25, 0.3) is 0 Å². The Hall–Kier alpha value is -1.82. The number of rotatable bonds is 3. The molecular weight excluding hydrogens is 267 g/mol. The highest BCUT2D eigenvalue weighted by Crippen LogP contribution is 2.29. The van der Waals surface area contributed by atoms with Crippen LogP contribution in [0.15, 0.2) is 30.3 Å². The molecule has 20 heavy (non-hydrogen) atoms. The molecule has 1 aromatic heterocycles. The van der Waals surface area contributed by atoms with Gasteiger partial charge in [-0.2, -0.15) is 18.3 Å². The van der Waals surface area contributed by atoms with E-state index in [2.05, 4.69) is 5.10 Å². The van der Waals surface area contributed by atoms with E-state index >= 15 is 0 Å². The minimum absolute atomic E-state index is 0.294. The summed E-state index contributed by atoms with van der Waals surface area (Å²) in [6.45, 7) is 1.87. The zero-order chi connectivity index (χ0) is 14.9. The lowest BCUT2D eigenvalue weighted by Gasteiger charge is -2.13. The molecule has 1 aromatic carbocycles. The lowest BCUT2D eigenvalue weighted by molar-refractivity contribution is -0.137. The maximum atomic E-state index is 12.5. The summed E-state index contributed by atoms with van der Waals surface area (Å²) in [6, 6.07) is 6.68. The molecule has 0 fully saturated rings. The third-order valence-corrected chi connectivity index (χ3v) is 3.15. The fourth-order valence-corrected chi connectivity index (χ4v) is 2.17. The average molecular weight is 283 g/mol. The molecule has 0 aliphatic heterocycles. The molecule has 6 heteroatoms. The summed E-state index contributed by atoms with van der Waals surface area (Å²) >= 11 is 0. The monoisotopic (exact) mass is 283 g/mol. The second kappa shape index (κ2) is 5.28. The first-order chi connectivity index (χ1) is 9.27. The van der Waals surface area contributed by atoms with Crippen LogP contribution < -0.4 is 5.73 Å². The number of aromatic nitrogens is 2. The van der Waals surface area contributed by atoms with Gasteiger partial charge < -0.3 is 5.73 Å². The summed E-state index contributed by atoms with van der Waals surface area (Å²) in [5, 5.41) is 4.21. The smallest absolute Gasteiger partial charge is 0.322 e. The number of benzene rings is 1. The van der Waals surface area contributed by atoms with E-state index in [4.69, 9.17) is 5.73 Å². The summed E-state index contributed by atoms with van der Waals surface area (Å²) in [7, 11) is 1.80. The maximum absolute atomic E-state index is 12.5. The zero-order valence-electron chi connectivity index (χ0n) is 11.3. The van der Waals surface area contributed by atoms with Crippen LogP contribution in [0.1, 0.15) is 28.6 Å². The molecule has 0 bridgehead atoms. The second-order valence-electron chi connectivity index (χ2n) is 4.84. The molecule has 0 saturated heterocycles. The lowest BCUT2D eigenvalue weighted by atomic mass is 10.0. The van der Waals surface area contributed by atoms with Crippen LogP contribution in [0.2, 0.25) is 0 Å². The van der Waals surface area contributed by atoms with Gasteiger partial charge in [0.15, 0.2) is 0 Å². The first-order valence-electron chi connectivity index (χ1n) is 6.19. The van der Waals surface area contributed by atoms with Crippen LogP contribution in [0.4, 0.5) is 13.2 Å². The van der Waals surface area contributed by atoms with E-state index in [0.717, 1.165) is 29.1 Å². The largest absolute Gasteiger partial charge is 0.416 e. The van der Waals surface area contributed by atoms with Crippen LogP contribution in [-0.4, -0.2) is 9.78 Å². The minimum Gasteiger partial charge on any atom is -0.322 e. The SMILES string of the molecule is Cc1cc(C(N)Cc2ccc(C(F)(F)F)cc2)n(C)n1. The summed E-state index contributed by atoms with van der Waals surface area (Å²) in [4.78, 5) is 0. The van der Waals surface area contributed by atoms with Crippen LogP contribution in [-0.2, 0) is 19.6 Å². The summed E-state index contributed by atoms with van der Waals surface area (Å²) in [5.41, 5.74) is 7.93. The van der Waals surface area contributed by atoms with Crippen molar-refractivity contribution in [3.8, 4) is 0 Å². The number of nitrogens with zero attached hydrogens (tertiary/aromatic N) is 2. The Balaban J connectivity index is 2.12. The van der Waals surface area contributed by atoms with Gasteiger partial charge in [-0.05, 0) is 37.1 Å². The van der Waals surface area contributed by atoms with E-state index in [1.165, 1.54) is 12.1 Å². The van der Waals surface area contributed by atoms with Gasteiger partial charge >= 0.3 is 6.18 Å². The number of nitrogens with two attached hydrogens (primary N) is 1. The molecule has 3 nitrogen and oxygen atoms in total. The van der Waals surface area contributed by atoms with Crippen molar-refractivity contribution in [3.05, 3.63) is 52.8 Å². The fourth-order valence-electron chi connectivity index (χ4n) is 2.17. The predicted octanol–water partition coefficient (Wildman–Crippen LogP) is 2.99. The highest BCUT2D eigenvalue weighted by molar-refractivity contribution is 5.26. The number of aryl methyl sites for hydroxylation is 2. The molecule has 1 atom stereocenters.